The van der Waals surface area contributed by atoms with Crippen LogP contribution in [0.5, 0.6) is 0 Å². The number of amides is 2. The van der Waals surface area contributed by atoms with Crippen LogP contribution in [-0.4, -0.2) is 99.3 Å². The fourth-order valence-electron chi connectivity index (χ4n) is 2.81. The maximum Gasteiger partial charge on any atom is 0.249 e. The molecular formula is C19H37N3O6. The standard InChI is InChI=1S/C19H37N3O6/c1-4-5-21-19(25)17-12-16(23)13-22(17)18(24)14-28-11-10-27-9-8-26-7-6-20-15(2)3/h15-17,20,23H,4-14H2,1-3H3,(H,21,25). The summed E-state index contributed by atoms with van der Waals surface area (Å²) in [5, 5.41) is 15.8. The second-order valence-corrected chi connectivity index (χ2v) is 7.13. The van der Waals surface area contributed by atoms with Crippen molar-refractivity contribution in [1.82, 2.24) is 15.5 Å². The largest absolute Gasteiger partial charge is 0.391 e. The molecule has 164 valence electrons. The molecule has 1 saturated heterocycles. The quantitative estimate of drug-likeness (QED) is 0.317. The Hall–Kier alpha value is -1.26. The van der Waals surface area contributed by atoms with Crippen molar-refractivity contribution in [3.8, 4) is 0 Å². The molecule has 0 aromatic heterocycles. The topological polar surface area (TPSA) is 109 Å². The van der Waals surface area contributed by atoms with Crippen molar-refractivity contribution in [3.63, 3.8) is 0 Å². The zero-order chi connectivity index (χ0) is 20.8. The molecule has 28 heavy (non-hydrogen) atoms. The first-order valence-electron chi connectivity index (χ1n) is 10.2. The Morgan fingerprint density at radius 2 is 1.71 bits per heavy atom. The number of carbonyl (C=O) groups is 2. The van der Waals surface area contributed by atoms with E-state index in [0.29, 0.717) is 39.0 Å². The van der Waals surface area contributed by atoms with Crippen LogP contribution in [0.4, 0.5) is 0 Å². The number of carbonyl (C=O) groups excluding carboxylic acids is 2. The second-order valence-electron chi connectivity index (χ2n) is 7.13. The van der Waals surface area contributed by atoms with Gasteiger partial charge in [0.2, 0.25) is 11.8 Å². The van der Waals surface area contributed by atoms with E-state index in [1.807, 2.05) is 6.92 Å². The van der Waals surface area contributed by atoms with Gasteiger partial charge >= 0.3 is 0 Å². The monoisotopic (exact) mass is 403 g/mol. The number of nitrogens with one attached hydrogen (secondary N) is 2. The summed E-state index contributed by atoms with van der Waals surface area (Å²) in [6.45, 7) is 9.79. The summed E-state index contributed by atoms with van der Waals surface area (Å²) >= 11 is 0. The Morgan fingerprint density at radius 3 is 2.36 bits per heavy atom. The Balaban J connectivity index is 2.09. The molecule has 2 atom stereocenters. The van der Waals surface area contributed by atoms with Crippen LogP contribution in [0.3, 0.4) is 0 Å². The van der Waals surface area contributed by atoms with E-state index in [2.05, 4.69) is 24.5 Å². The molecule has 9 nitrogen and oxygen atoms in total. The molecule has 2 unspecified atom stereocenters. The van der Waals surface area contributed by atoms with Crippen LogP contribution < -0.4 is 10.6 Å². The molecule has 1 aliphatic heterocycles. The normalized spacial score (nSPS) is 19.4. The van der Waals surface area contributed by atoms with Crippen LogP contribution >= 0.6 is 0 Å². The SMILES string of the molecule is CCCNC(=O)C1CC(O)CN1C(=O)COCCOCCOCCNC(C)C. The molecule has 1 heterocycles. The minimum Gasteiger partial charge on any atom is -0.391 e. The lowest BCUT2D eigenvalue weighted by molar-refractivity contribution is -0.142. The van der Waals surface area contributed by atoms with Gasteiger partial charge in [0.1, 0.15) is 12.6 Å². The van der Waals surface area contributed by atoms with Crippen LogP contribution in [0, 0.1) is 0 Å². The van der Waals surface area contributed by atoms with E-state index >= 15 is 0 Å². The Bertz CT molecular complexity index is 449. The zero-order valence-electron chi connectivity index (χ0n) is 17.4. The third-order valence-electron chi connectivity index (χ3n) is 4.22. The summed E-state index contributed by atoms with van der Waals surface area (Å²) in [7, 11) is 0. The average molecular weight is 404 g/mol. The van der Waals surface area contributed by atoms with Gasteiger partial charge in [0.25, 0.3) is 0 Å². The van der Waals surface area contributed by atoms with Crippen LogP contribution in [0.1, 0.15) is 33.6 Å². The first kappa shape index (κ1) is 24.8. The molecule has 3 N–H and O–H groups in total. The molecule has 0 saturated carbocycles. The summed E-state index contributed by atoms with van der Waals surface area (Å²) in [5.74, 6) is -0.520. The van der Waals surface area contributed by atoms with Crippen molar-refractivity contribution >= 4 is 11.8 Å². The number of rotatable bonds is 15. The van der Waals surface area contributed by atoms with E-state index < -0.39 is 12.1 Å². The first-order chi connectivity index (χ1) is 13.5. The Morgan fingerprint density at radius 1 is 1.07 bits per heavy atom. The van der Waals surface area contributed by atoms with Gasteiger partial charge in [0.15, 0.2) is 0 Å². The molecule has 9 heteroatoms. The van der Waals surface area contributed by atoms with Crippen molar-refractivity contribution < 1.29 is 28.9 Å². The first-order valence-corrected chi connectivity index (χ1v) is 10.2. The molecule has 0 spiro atoms. The molecular weight excluding hydrogens is 366 g/mol. The van der Waals surface area contributed by atoms with E-state index in [9.17, 15) is 14.7 Å². The minimum absolute atomic E-state index is 0.134. The number of hydrogen-bond acceptors (Lipinski definition) is 7. The summed E-state index contributed by atoms with van der Waals surface area (Å²) in [5.41, 5.74) is 0. The average Bonchev–Trinajstić information content (AvgIpc) is 3.05. The molecule has 0 aliphatic carbocycles. The molecule has 1 fully saturated rings. The van der Waals surface area contributed by atoms with Crippen LogP contribution in [-0.2, 0) is 23.8 Å². The number of aliphatic hydroxyl groups is 1. The Labute approximate surface area is 168 Å². The van der Waals surface area contributed by atoms with E-state index in [4.69, 9.17) is 14.2 Å². The summed E-state index contributed by atoms with van der Waals surface area (Å²) in [4.78, 5) is 25.9. The van der Waals surface area contributed by atoms with Gasteiger partial charge in [-0.25, -0.2) is 0 Å². The maximum atomic E-state index is 12.3. The van der Waals surface area contributed by atoms with Crippen molar-refractivity contribution in [1.29, 1.82) is 0 Å². The number of ether oxygens (including phenoxy) is 3. The third-order valence-corrected chi connectivity index (χ3v) is 4.22. The predicted octanol–water partition coefficient (Wildman–Crippen LogP) is -0.478. The van der Waals surface area contributed by atoms with Gasteiger partial charge in [-0.15, -0.1) is 0 Å². The van der Waals surface area contributed by atoms with E-state index in [1.54, 1.807) is 0 Å². The van der Waals surface area contributed by atoms with E-state index in [1.165, 1.54) is 4.90 Å². The van der Waals surface area contributed by atoms with Crippen molar-refractivity contribution in [2.45, 2.75) is 51.8 Å². The summed E-state index contributed by atoms with van der Waals surface area (Å²) < 4.78 is 16.2. The highest BCUT2D eigenvalue weighted by Crippen LogP contribution is 2.18. The summed E-state index contributed by atoms with van der Waals surface area (Å²) in [6, 6.07) is -0.180. The molecule has 2 amide bonds. The lowest BCUT2D eigenvalue weighted by Crippen LogP contribution is -2.47. The second kappa shape index (κ2) is 14.7. The van der Waals surface area contributed by atoms with Gasteiger partial charge in [0.05, 0.1) is 39.1 Å². The van der Waals surface area contributed by atoms with Gasteiger partial charge in [-0.2, -0.15) is 0 Å². The van der Waals surface area contributed by atoms with Crippen molar-refractivity contribution in [3.05, 3.63) is 0 Å². The molecule has 1 aliphatic rings. The van der Waals surface area contributed by atoms with Gasteiger partial charge in [-0.1, -0.05) is 20.8 Å². The van der Waals surface area contributed by atoms with Crippen molar-refractivity contribution in [2.75, 3.05) is 59.3 Å². The fourth-order valence-corrected chi connectivity index (χ4v) is 2.81. The zero-order valence-corrected chi connectivity index (χ0v) is 17.4. The predicted molar refractivity (Wildman–Crippen MR) is 105 cm³/mol. The summed E-state index contributed by atoms with van der Waals surface area (Å²) in [6.07, 6.45) is 0.398. The van der Waals surface area contributed by atoms with Gasteiger partial charge in [-0.05, 0) is 6.42 Å². The van der Waals surface area contributed by atoms with Gasteiger partial charge in [-0.3, -0.25) is 9.59 Å². The number of β-amino-alcohol motifs (C(OH)–C–C–N with tert-alkyl or cyclic N) is 1. The number of nitrogens with zero attached hydrogens (tertiary/aromatic N) is 1. The highest BCUT2D eigenvalue weighted by molar-refractivity contribution is 5.88. The van der Waals surface area contributed by atoms with Crippen molar-refractivity contribution in [2.24, 2.45) is 0 Å². The van der Waals surface area contributed by atoms with Crippen LogP contribution in [0.2, 0.25) is 0 Å². The third kappa shape index (κ3) is 10.3. The van der Waals surface area contributed by atoms with E-state index in [-0.39, 0.29) is 38.0 Å². The lowest BCUT2D eigenvalue weighted by atomic mass is 10.2. The number of aliphatic hydroxyl groups excluding tert-OH is 1. The highest BCUT2D eigenvalue weighted by Gasteiger charge is 2.38. The fraction of sp³-hybridized carbons (Fsp3) is 0.895. The highest BCUT2D eigenvalue weighted by atomic mass is 16.5. The molecule has 0 radical (unpaired) electrons. The maximum absolute atomic E-state index is 12.3. The number of likely N-dealkylation sites (tertiary alicyclic amines) is 1. The van der Waals surface area contributed by atoms with Gasteiger partial charge < -0.3 is 34.9 Å². The minimum atomic E-state index is -0.680. The Kier molecular flexibility index (Phi) is 13.0. The lowest BCUT2D eigenvalue weighted by Gasteiger charge is -2.23. The number of hydrogen-bond donors (Lipinski definition) is 3. The van der Waals surface area contributed by atoms with Crippen LogP contribution in [0.15, 0.2) is 0 Å². The van der Waals surface area contributed by atoms with E-state index in [0.717, 1.165) is 13.0 Å². The van der Waals surface area contributed by atoms with Crippen LogP contribution in [0.25, 0.3) is 0 Å². The van der Waals surface area contributed by atoms with Gasteiger partial charge in [0, 0.05) is 32.1 Å². The molecule has 0 aromatic carbocycles. The molecule has 0 aromatic rings. The smallest absolute Gasteiger partial charge is 0.249 e. The molecule has 1 rings (SSSR count). The molecule has 0 bridgehead atoms.